The van der Waals surface area contributed by atoms with Crippen LogP contribution in [0.1, 0.15) is 5.56 Å². The second-order valence-corrected chi connectivity index (χ2v) is 4.63. The minimum atomic E-state index is -4.51. The van der Waals surface area contributed by atoms with Crippen LogP contribution in [0.4, 0.5) is 18.9 Å². The number of sulfonamides is 1. The molecular formula is C8H7F3NO2S. The van der Waals surface area contributed by atoms with Crippen LogP contribution in [0.15, 0.2) is 18.2 Å². The SMILES string of the molecule is CS(=O)(=O)Nc1c[c]cc(C(F)(F)F)c1. The molecule has 1 N–H and O–H groups in total. The summed E-state index contributed by atoms with van der Waals surface area (Å²) in [4.78, 5) is 0. The van der Waals surface area contributed by atoms with Crippen molar-refractivity contribution in [2.45, 2.75) is 6.18 Å². The molecule has 0 aliphatic rings. The van der Waals surface area contributed by atoms with Crippen LogP contribution in [0.25, 0.3) is 0 Å². The van der Waals surface area contributed by atoms with Gasteiger partial charge in [-0.15, -0.1) is 0 Å². The molecule has 0 spiro atoms. The molecular weight excluding hydrogens is 231 g/mol. The summed E-state index contributed by atoms with van der Waals surface area (Å²) in [6.45, 7) is 0. The summed E-state index contributed by atoms with van der Waals surface area (Å²) < 4.78 is 60.1. The molecule has 3 nitrogen and oxygen atoms in total. The summed E-state index contributed by atoms with van der Waals surface area (Å²) in [5.41, 5.74) is -1.11. The van der Waals surface area contributed by atoms with E-state index >= 15 is 0 Å². The number of rotatable bonds is 2. The van der Waals surface area contributed by atoms with Crippen molar-refractivity contribution >= 4 is 15.7 Å². The Bertz CT molecular complexity index is 453. The molecule has 7 heteroatoms. The molecule has 0 heterocycles. The second-order valence-electron chi connectivity index (χ2n) is 2.88. The Morgan fingerprint density at radius 1 is 1.33 bits per heavy atom. The van der Waals surface area contributed by atoms with Crippen molar-refractivity contribution in [3.63, 3.8) is 0 Å². The van der Waals surface area contributed by atoms with Gasteiger partial charge in [-0.3, -0.25) is 4.72 Å². The minimum Gasteiger partial charge on any atom is -0.284 e. The Labute approximate surface area is 85.0 Å². The van der Waals surface area contributed by atoms with Crippen molar-refractivity contribution in [3.8, 4) is 0 Å². The van der Waals surface area contributed by atoms with Gasteiger partial charge in [0.2, 0.25) is 10.0 Å². The van der Waals surface area contributed by atoms with Crippen LogP contribution in [0.3, 0.4) is 0 Å². The lowest BCUT2D eigenvalue weighted by Crippen LogP contribution is -2.11. The molecule has 0 bridgehead atoms. The van der Waals surface area contributed by atoms with Crippen LogP contribution in [-0.4, -0.2) is 14.7 Å². The van der Waals surface area contributed by atoms with E-state index in [1.54, 1.807) is 0 Å². The number of halogens is 3. The second kappa shape index (κ2) is 3.73. The first-order valence-electron chi connectivity index (χ1n) is 3.74. The Morgan fingerprint density at radius 3 is 2.40 bits per heavy atom. The Hall–Kier alpha value is -1.24. The largest absolute Gasteiger partial charge is 0.416 e. The van der Waals surface area contributed by atoms with Crippen molar-refractivity contribution in [1.29, 1.82) is 0 Å². The predicted octanol–water partition coefficient (Wildman–Crippen LogP) is 1.88. The number of benzene rings is 1. The molecule has 0 atom stereocenters. The average molecular weight is 238 g/mol. The lowest BCUT2D eigenvalue weighted by molar-refractivity contribution is -0.137. The Balaban J connectivity index is 3.04. The molecule has 0 unspecified atom stereocenters. The van der Waals surface area contributed by atoms with Crippen LogP contribution in [0.5, 0.6) is 0 Å². The monoisotopic (exact) mass is 238 g/mol. The van der Waals surface area contributed by atoms with Gasteiger partial charge < -0.3 is 0 Å². The summed E-state index contributed by atoms with van der Waals surface area (Å²) >= 11 is 0. The van der Waals surface area contributed by atoms with Crippen molar-refractivity contribution in [2.75, 3.05) is 11.0 Å². The van der Waals surface area contributed by atoms with E-state index in [-0.39, 0.29) is 5.69 Å². The quantitative estimate of drug-likeness (QED) is 0.855. The zero-order chi connectivity index (χ0) is 11.7. The molecule has 0 saturated carbocycles. The number of alkyl halides is 3. The van der Waals surface area contributed by atoms with Crippen molar-refractivity contribution in [2.24, 2.45) is 0 Å². The van der Waals surface area contributed by atoms with E-state index < -0.39 is 21.8 Å². The number of anilines is 1. The Morgan fingerprint density at radius 2 is 1.93 bits per heavy atom. The van der Waals surface area contributed by atoms with E-state index in [4.69, 9.17) is 0 Å². The Kier molecular flexibility index (Phi) is 2.94. The first kappa shape index (κ1) is 11.8. The van der Waals surface area contributed by atoms with Crippen molar-refractivity contribution < 1.29 is 21.6 Å². The van der Waals surface area contributed by atoms with E-state index in [0.29, 0.717) is 6.07 Å². The molecule has 83 valence electrons. The summed E-state index contributed by atoms with van der Waals surface area (Å²) in [5.74, 6) is 0. The molecule has 1 aromatic rings. The third-order valence-electron chi connectivity index (χ3n) is 1.42. The molecule has 0 amide bonds. The first-order chi connectivity index (χ1) is 6.68. The van der Waals surface area contributed by atoms with Gasteiger partial charge in [0.25, 0.3) is 0 Å². The van der Waals surface area contributed by atoms with Gasteiger partial charge in [-0.05, 0) is 24.3 Å². The van der Waals surface area contributed by atoms with Gasteiger partial charge in [-0.2, -0.15) is 13.2 Å². The first-order valence-corrected chi connectivity index (χ1v) is 5.64. The minimum absolute atomic E-state index is 0.160. The van der Waals surface area contributed by atoms with Crippen LogP contribution < -0.4 is 4.72 Å². The maximum Gasteiger partial charge on any atom is 0.416 e. The number of hydrogen-bond donors (Lipinski definition) is 1. The van der Waals surface area contributed by atoms with Gasteiger partial charge in [0, 0.05) is 5.69 Å². The molecule has 1 rings (SSSR count). The van der Waals surface area contributed by atoms with E-state index in [1.807, 2.05) is 4.72 Å². The van der Waals surface area contributed by atoms with E-state index in [9.17, 15) is 21.6 Å². The maximum absolute atomic E-state index is 12.2. The fraction of sp³-hybridized carbons (Fsp3) is 0.250. The highest BCUT2D eigenvalue weighted by Gasteiger charge is 2.30. The fourth-order valence-corrected chi connectivity index (χ4v) is 1.45. The normalized spacial score (nSPS) is 12.5. The molecule has 0 aliphatic carbocycles. The van der Waals surface area contributed by atoms with Crippen molar-refractivity contribution in [1.82, 2.24) is 0 Å². The summed E-state index contributed by atoms with van der Waals surface area (Å²) in [5, 5.41) is 0. The highest BCUT2D eigenvalue weighted by Crippen LogP contribution is 2.30. The molecule has 0 saturated heterocycles. The highest BCUT2D eigenvalue weighted by atomic mass is 32.2. The summed E-state index contributed by atoms with van der Waals surface area (Å²) in [7, 11) is -3.58. The summed E-state index contributed by atoms with van der Waals surface area (Å²) in [6.07, 6.45) is -3.65. The standard InChI is InChI=1S/C8H7F3NO2S/c1-15(13,14)12-7-4-2-3-6(5-7)8(9,10)11/h3-5,12H,1H3. The number of hydrogen-bond acceptors (Lipinski definition) is 2. The van der Waals surface area contributed by atoms with Crippen molar-refractivity contribution in [3.05, 3.63) is 29.8 Å². The molecule has 0 aliphatic heterocycles. The zero-order valence-electron chi connectivity index (χ0n) is 7.59. The van der Waals surface area contributed by atoms with E-state index in [0.717, 1.165) is 18.4 Å². The van der Waals surface area contributed by atoms with Gasteiger partial charge in [-0.25, -0.2) is 8.42 Å². The summed E-state index contributed by atoms with van der Waals surface area (Å²) in [6, 6.07) is 4.78. The molecule has 0 aromatic heterocycles. The molecule has 0 fully saturated rings. The third kappa shape index (κ3) is 3.78. The predicted molar refractivity (Wildman–Crippen MR) is 48.7 cm³/mol. The highest BCUT2D eigenvalue weighted by molar-refractivity contribution is 7.92. The van der Waals surface area contributed by atoms with Crippen LogP contribution in [0, 0.1) is 6.07 Å². The van der Waals surface area contributed by atoms with E-state index in [1.165, 1.54) is 0 Å². The maximum atomic E-state index is 12.2. The lowest BCUT2D eigenvalue weighted by Gasteiger charge is -2.08. The number of nitrogens with one attached hydrogen (secondary N) is 1. The van der Waals surface area contributed by atoms with Crippen LogP contribution >= 0.6 is 0 Å². The van der Waals surface area contributed by atoms with Gasteiger partial charge in [0.05, 0.1) is 11.8 Å². The zero-order valence-corrected chi connectivity index (χ0v) is 8.41. The lowest BCUT2D eigenvalue weighted by atomic mass is 10.2. The average Bonchev–Trinajstić information content (AvgIpc) is 1.99. The third-order valence-corrected chi connectivity index (χ3v) is 2.03. The van der Waals surface area contributed by atoms with Gasteiger partial charge >= 0.3 is 6.18 Å². The van der Waals surface area contributed by atoms with Gasteiger partial charge in [-0.1, -0.05) is 0 Å². The molecule has 1 radical (unpaired) electrons. The van der Waals surface area contributed by atoms with Gasteiger partial charge in [0.15, 0.2) is 0 Å². The van der Waals surface area contributed by atoms with Crippen LogP contribution in [0.2, 0.25) is 0 Å². The van der Waals surface area contributed by atoms with Gasteiger partial charge in [0.1, 0.15) is 0 Å². The molecule has 1 aromatic carbocycles. The molecule has 15 heavy (non-hydrogen) atoms. The topological polar surface area (TPSA) is 46.2 Å². The van der Waals surface area contributed by atoms with E-state index in [2.05, 4.69) is 6.07 Å². The fourth-order valence-electron chi connectivity index (χ4n) is 0.909. The smallest absolute Gasteiger partial charge is 0.284 e. The van der Waals surface area contributed by atoms with Crippen LogP contribution in [-0.2, 0) is 16.2 Å².